The third-order valence-electron chi connectivity index (χ3n) is 4.06. The third kappa shape index (κ3) is 4.85. The summed E-state index contributed by atoms with van der Waals surface area (Å²) in [5.74, 6) is -1.21. The first-order valence-electron chi connectivity index (χ1n) is 8.30. The van der Waals surface area contributed by atoms with Crippen molar-refractivity contribution >= 4 is 21.7 Å². The number of benzene rings is 2. The minimum Gasteiger partial charge on any atom is -0.496 e. The highest BCUT2D eigenvalue weighted by atomic mass is 32.2. The SMILES string of the molecule is CCS(=O)(=O)c1ccccc1C(=O)NCCc1ccc(C(=O)O)cc1OC. The molecule has 0 radical (unpaired) electrons. The molecule has 1 amide bonds. The van der Waals surface area contributed by atoms with Gasteiger partial charge in [0.2, 0.25) is 0 Å². The molecule has 0 aliphatic carbocycles. The van der Waals surface area contributed by atoms with Gasteiger partial charge in [-0.1, -0.05) is 25.1 Å². The average Bonchev–Trinajstić information content (AvgIpc) is 2.67. The van der Waals surface area contributed by atoms with Crippen LogP contribution in [0.5, 0.6) is 5.75 Å². The van der Waals surface area contributed by atoms with Gasteiger partial charge in [-0.05, 0) is 36.2 Å². The third-order valence-corrected chi connectivity index (χ3v) is 5.85. The first kappa shape index (κ1) is 20.4. The fourth-order valence-electron chi connectivity index (χ4n) is 2.57. The lowest BCUT2D eigenvalue weighted by Gasteiger charge is -2.12. The number of nitrogens with one attached hydrogen (secondary N) is 1. The molecule has 27 heavy (non-hydrogen) atoms. The van der Waals surface area contributed by atoms with E-state index in [-0.39, 0.29) is 28.3 Å². The van der Waals surface area contributed by atoms with E-state index >= 15 is 0 Å². The van der Waals surface area contributed by atoms with Gasteiger partial charge in [-0.2, -0.15) is 0 Å². The maximum absolute atomic E-state index is 12.4. The van der Waals surface area contributed by atoms with Gasteiger partial charge < -0.3 is 15.2 Å². The van der Waals surface area contributed by atoms with Crippen LogP contribution in [0.4, 0.5) is 0 Å². The number of sulfone groups is 1. The van der Waals surface area contributed by atoms with Crippen molar-refractivity contribution in [3.63, 3.8) is 0 Å². The Hall–Kier alpha value is -2.87. The molecule has 2 N–H and O–H groups in total. The average molecular weight is 391 g/mol. The Balaban J connectivity index is 2.11. The first-order valence-corrected chi connectivity index (χ1v) is 9.95. The molecule has 0 unspecified atom stereocenters. The van der Waals surface area contributed by atoms with Gasteiger partial charge in [-0.3, -0.25) is 4.79 Å². The number of hydrogen-bond donors (Lipinski definition) is 2. The maximum Gasteiger partial charge on any atom is 0.335 e. The molecule has 7 nitrogen and oxygen atoms in total. The number of aromatic carboxylic acids is 1. The Kier molecular flexibility index (Phi) is 6.57. The second kappa shape index (κ2) is 8.68. The van der Waals surface area contributed by atoms with E-state index in [0.717, 1.165) is 5.56 Å². The predicted molar refractivity (Wildman–Crippen MR) is 100 cm³/mol. The van der Waals surface area contributed by atoms with Crippen molar-refractivity contribution in [1.29, 1.82) is 0 Å². The van der Waals surface area contributed by atoms with E-state index in [4.69, 9.17) is 9.84 Å². The van der Waals surface area contributed by atoms with Crippen LogP contribution in [0.2, 0.25) is 0 Å². The summed E-state index contributed by atoms with van der Waals surface area (Å²) in [6.07, 6.45) is 0.400. The van der Waals surface area contributed by atoms with E-state index in [2.05, 4.69) is 5.32 Å². The number of carboxylic acid groups (broad SMARTS) is 1. The van der Waals surface area contributed by atoms with Gasteiger partial charge >= 0.3 is 5.97 Å². The molecule has 0 aliphatic heterocycles. The first-order chi connectivity index (χ1) is 12.8. The molecule has 0 saturated carbocycles. The van der Waals surface area contributed by atoms with Crippen LogP contribution in [0.25, 0.3) is 0 Å². The monoisotopic (exact) mass is 391 g/mol. The molecule has 0 aromatic heterocycles. The van der Waals surface area contributed by atoms with Gasteiger partial charge in [0, 0.05) is 6.54 Å². The number of carbonyl (C=O) groups is 2. The van der Waals surface area contributed by atoms with Gasteiger partial charge in [0.15, 0.2) is 9.84 Å². The zero-order valence-corrected chi connectivity index (χ0v) is 15.9. The van der Waals surface area contributed by atoms with Gasteiger partial charge in [0.05, 0.1) is 28.9 Å². The number of methoxy groups -OCH3 is 1. The lowest BCUT2D eigenvalue weighted by atomic mass is 10.1. The summed E-state index contributed by atoms with van der Waals surface area (Å²) >= 11 is 0. The normalized spacial score (nSPS) is 11.0. The summed E-state index contributed by atoms with van der Waals surface area (Å²) < 4.78 is 29.5. The molecule has 8 heteroatoms. The fourth-order valence-corrected chi connectivity index (χ4v) is 3.66. The lowest BCUT2D eigenvalue weighted by molar-refractivity contribution is 0.0696. The fraction of sp³-hybridized carbons (Fsp3) is 0.263. The summed E-state index contributed by atoms with van der Waals surface area (Å²) in [6, 6.07) is 10.6. The lowest BCUT2D eigenvalue weighted by Crippen LogP contribution is -2.27. The largest absolute Gasteiger partial charge is 0.496 e. The van der Waals surface area contributed by atoms with Gasteiger partial charge in [-0.25, -0.2) is 13.2 Å². The van der Waals surface area contributed by atoms with Crippen molar-refractivity contribution in [3.8, 4) is 5.75 Å². The van der Waals surface area contributed by atoms with Crippen molar-refractivity contribution < 1.29 is 27.9 Å². The topological polar surface area (TPSA) is 110 Å². The zero-order valence-electron chi connectivity index (χ0n) is 15.1. The molecule has 2 aromatic carbocycles. The summed E-state index contributed by atoms with van der Waals surface area (Å²) in [7, 11) is -2.07. The van der Waals surface area contributed by atoms with Crippen LogP contribution in [0.15, 0.2) is 47.4 Å². The van der Waals surface area contributed by atoms with E-state index in [9.17, 15) is 18.0 Å². The Bertz CT molecular complexity index is 952. The molecular formula is C19H21NO6S. The minimum atomic E-state index is -3.51. The molecule has 2 aromatic rings. The maximum atomic E-state index is 12.4. The molecule has 0 aliphatic rings. The van der Waals surface area contributed by atoms with Crippen LogP contribution >= 0.6 is 0 Å². The van der Waals surface area contributed by atoms with Crippen LogP contribution in [0, 0.1) is 0 Å². The van der Waals surface area contributed by atoms with Crippen LogP contribution in [0.1, 0.15) is 33.2 Å². The van der Waals surface area contributed by atoms with Crippen LogP contribution in [-0.4, -0.2) is 44.8 Å². The molecule has 144 valence electrons. The van der Waals surface area contributed by atoms with Crippen molar-refractivity contribution in [3.05, 3.63) is 59.2 Å². The standard InChI is InChI=1S/C19H21NO6S/c1-3-27(24,25)17-7-5-4-6-15(17)18(21)20-11-10-13-8-9-14(19(22)23)12-16(13)26-2/h4-9,12H,3,10-11H2,1-2H3,(H,20,21)(H,22,23). The Morgan fingerprint density at radius 1 is 1.15 bits per heavy atom. The summed E-state index contributed by atoms with van der Waals surface area (Å²) in [5, 5.41) is 11.7. The Morgan fingerprint density at radius 2 is 1.85 bits per heavy atom. The van der Waals surface area contributed by atoms with Crippen molar-refractivity contribution in [1.82, 2.24) is 5.32 Å². The molecule has 0 spiro atoms. The molecule has 0 fully saturated rings. The van der Waals surface area contributed by atoms with E-state index in [1.54, 1.807) is 18.2 Å². The van der Waals surface area contributed by atoms with Crippen molar-refractivity contribution in [2.24, 2.45) is 0 Å². The number of hydrogen-bond acceptors (Lipinski definition) is 5. The predicted octanol–water partition coefficient (Wildman–Crippen LogP) is 2.16. The summed E-state index contributed by atoms with van der Waals surface area (Å²) in [5.41, 5.74) is 0.947. The highest BCUT2D eigenvalue weighted by Crippen LogP contribution is 2.21. The second-order valence-corrected chi connectivity index (χ2v) is 7.98. The highest BCUT2D eigenvalue weighted by molar-refractivity contribution is 7.91. The van der Waals surface area contributed by atoms with Crippen LogP contribution in [-0.2, 0) is 16.3 Å². The quantitative estimate of drug-likeness (QED) is 0.714. The Morgan fingerprint density at radius 3 is 2.48 bits per heavy atom. The van der Waals surface area contributed by atoms with E-state index in [0.29, 0.717) is 12.2 Å². The van der Waals surface area contributed by atoms with Crippen LogP contribution < -0.4 is 10.1 Å². The second-order valence-electron chi connectivity index (χ2n) is 5.74. The smallest absolute Gasteiger partial charge is 0.335 e. The number of rotatable bonds is 8. The van der Waals surface area contributed by atoms with Crippen molar-refractivity contribution in [2.75, 3.05) is 19.4 Å². The summed E-state index contributed by atoms with van der Waals surface area (Å²) in [6.45, 7) is 1.76. The molecule has 0 saturated heterocycles. The molecule has 0 heterocycles. The molecule has 2 rings (SSSR count). The zero-order chi connectivity index (χ0) is 20.0. The van der Waals surface area contributed by atoms with Crippen LogP contribution in [0.3, 0.4) is 0 Å². The highest BCUT2D eigenvalue weighted by Gasteiger charge is 2.20. The van der Waals surface area contributed by atoms with E-state index < -0.39 is 21.7 Å². The number of carboxylic acids is 1. The van der Waals surface area contributed by atoms with Gasteiger partial charge in [0.1, 0.15) is 5.75 Å². The minimum absolute atomic E-state index is 0.00777. The molecule has 0 bridgehead atoms. The van der Waals surface area contributed by atoms with Gasteiger partial charge in [0.25, 0.3) is 5.91 Å². The van der Waals surface area contributed by atoms with Crippen molar-refractivity contribution in [2.45, 2.75) is 18.2 Å². The molecular weight excluding hydrogens is 370 g/mol. The van der Waals surface area contributed by atoms with E-state index in [1.165, 1.54) is 38.3 Å². The summed E-state index contributed by atoms with van der Waals surface area (Å²) in [4.78, 5) is 23.5. The Labute approximate surface area is 157 Å². The van der Waals surface area contributed by atoms with E-state index in [1.807, 2.05) is 0 Å². The number of carbonyl (C=O) groups excluding carboxylic acids is 1. The van der Waals surface area contributed by atoms with Gasteiger partial charge in [-0.15, -0.1) is 0 Å². The number of ether oxygens (including phenoxy) is 1. The number of amides is 1. The molecule has 0 atom stereocenters.